The molecule has 0 aliphatic carbocycles. The van der Waals surface area contributed by atoms with Crippen molar-refractivity contribution in [3.8, 4) is 0 Å². The number of halogens is 2. The largest absolute Gasteiger partial charge is 0.394 e. The summed E-state index contributed by atoms with van der Waals surface area (Å²) in [5, 5.41) is 14.4. The Kier molecular flexibility index (Phi) is 7.71. The number of Topliss-reactive ketones (excluding diaryl/α,β-unsaturated/α-hetero) is 1. The number of aromatic nitrogens is 1. The first-order valence-corrected chi connectivity index (χ1v) is 9.09. The summed E-state index contributed by atoms with van der Waals surface area (Å²) < 4.78 is 16.4. The minimum atomic E-state index is -0.629. The van der Waals surface area contributed by atoms with Crippen molar-refractivity contribution in [2.24, 2.45) is 7.05 Å². The summed E-state index contributed by atoms with van der Waals surface area (Å²) in [6, 6.07) is 6.02. The maximum Gasteiger partial charge on any atom is 0.278 e. The normalized spacial score (nSPS) is 10.7. The molecule has 0 radical (unpaired) electrons. The predicted molar refractivity (Wildman–Crippen MR) is 107 cm³/mol. The molecule has 0 fully saturated rings. The molecule has 0 bridgehead atoms. The summed E-state index contributed by atoms with van der Waals surface area (Å²) in [5.74, 6) is -1.12. The van der Waals surface area contributed by atoms with Crippen molar-refractivity contribution in [2.45, 2.75) is 0 Å². The van der Waals surface area contributed by atoms with E-state index in [1.807, 2.05) is 22.6 Å². The van der Waals surface area contributed by atoms with Gasteiger partial charge in [-0.25, -0.2) is 9.87 Å². The van der Waals surface area contributed by atoms with Crippen LogP contribution in [0.15, 0.2) is 24.3 Å². The number of nitrogens with zero attached hydrogens (tertiary/aromatic N) is 1. The lowest BCUT2D eigenvalue weighted by Crippen LogP contribution is -2.25. The van der Waals surface area contributed by atoms with Gasteiger partial charge in [-0.3, -0.25) is 14.4 Å². The van der Waals surface area contributed by atoms with Gasteiger partial charge in [-0.1, -0.05) is 0 Å². The Morgan fingerprint density at radius 1 is 1.33 bits per heavy atom. The van der Waals surface area contributed by atoms with Gasteiger partial charge < -0.3 is 20.3 Å². The molecule has 8 nitrogen and oxygen atoms in total. The Hall–Kier alpha value is -2.02. The molecule has 1 aromatic heterocycles. The second kappa shape index (κ2) is 9.78. The third kappa shape index (κ3) is 5.25. The minimum Gasteiger partial charge on any atom is -0.394 e. The Bertz CT molecular complexity index is 841. The summed E-state index contributed by atoms with van der Waals surface area (Å²) in [4.78, 5) is 29.6. The van der Waals surface area contributed by atoms with Gasteiger partial charge in [0, 0.05) is 10.6 Å². The van der Waals surface area contributed by atoms with Crippen LogP contribution in [0, 0.1) is 9.39 Å². The third-order valence-electron chi connectivity index (χ3n) is 3.64. The van der Waals surface area contributed by atoms with Gasteiger partial charge >= 0.3 is 0 Å². The number of aliphatic hydroxyl groups excluding tert-OH is 1. The number of hydroxylamine groups is 1. The average molecular weight is 490 g/mol. The molecule has 4 N–H and O–H groups in total. The molecule has 1 aromatic carbocycles. The predicted octanol–water partition coefficient (Wildman–Crippen LogP) is 1.57. The SMILES string of the molecule is CNCC(=O)c1cc(C(=O)NOCCO)c(Nc2ccc(I)cc2F)n1C. The molecule has 2 rings (SSSR count). The van der Waals surface area contributed by atoms with E-state index in [0.29, 0.717) is 0 Å². The van der Waals surface area contributed by atoms with Gasteiger partial charge in [-0.15, -0.1) is 0 Å². The highest BCUT2D eigenvalue weighted by Crippen LogP contribution is 2.27. The minimum absolute atomic E-state index is 0.0806. The quantitative estimate of drug-likeness (QED) is 0.184. The molecule has 0 aliphatic rings. The van der Waals surface area contributed by atoms with Crippen LogP contribution in [0.5, 0.6) is 0 Å². The number of benzene rings is 1. The van der Waals surface area contributed by atoms with Crippen molar-refractivity contribution in [1.82, 2.24) is 15.4 Å². The smallest absolute Gasteiger partial charge is 0.278 e. The van der Waals surface area contributed by atoms with Crippen LogP contribution < -0.4 is 16.1 Å². The number of nitrogens with one attached hydrogen (secondary N) is 3. The van der Waals surface area contributed by atoms with Crippen molar-refractivity contribution in [1.29, 1.82) is 0 Å². The van der Waals surface area contributed by atoms with Gasteiger partial charge in [-0.05, 0) is 53.9 Å². The fourth-order valence-corrected chi connectivity index (χ4v) is 2.83. The van der Waals surface area contributed by atoms with Crippen molar-refractivity contribution < 1.29 is 23.9 Å². The summed E-state index contributed by atoms with van der Waals surface area (Å²) in [7, 11) is 3.23. The number of amides is 1. The lowest BCUT2D eigenvalue weighted by atomic mass is 10.2. The topological polar surface area (TPSA) is 105 Å². The summed E-state index contributed by atoms with van der Waals surface area (Å²) in [5.41, 5.74) is 2.72. The van der Waals surface area contributed by atoms with Gasteiger partial charge in [0.15, 0.2) is 5.78 Å². The first-order chi connectivity index (χ1) is 12.9. The number of hydrogen-bond acceptors (Lipinski definition) is 6. The van der Waals surface area contributed by atoms with Crippen molar-refractivity contribution in [2.75, 3.05) is 32.1 Å². The summed E-state index contributed by atoms with van der Waals surface area (Å²) in [6.07, 6.45) is 0. The number of rotatable bonds is 9. The first kappa shape index (κ1) is 21.3. The monoisotopic (exact) mass is 490 g/mol. The van der Waals surface area contributed by atoms with E-state index < -0.39 is 11.7 Å². The first-order valence-electron chi connectivity index (χ1n) is 8.01. The number of carbonyl (C=O) groups excluding carboxylic acids is 2. The van der Waals surface area contributed by atoms with Gasteiger partial charge in [0.1, 0.15) is 11.6 Å². The Balaban J connectivity index is 2.42. The summed E-state index contributed by atoms with van der Waals surface area (Å²) in [6.45, 7) is -0.268. The summed E-state index contributed by atoms with van der Waals surface area (Å²) >= 11 is 1.99. The molecule has 1 amide bonds. The number of hydrogen-bond donors (Lipinski definition) is 4. The fourth-order valence-electron chi connectivity index (χ4n) is 2.38. The molecule has 146 valence electrons. The molecule has 0 saturated carbocycles. The van der Waals surface area contributed by atoms with E-state index >= 15 is 0 Å². The zero-order valence-corrected chi connectivity index (χ0v) is 17.0. The molecule has 2 aromatic rings. The van der Waals surface area contributed by atoms with Crippen molar-refractivity contribution in [3.05, 3.63) is 44.9 Å². The molecular weight excluding hydrogens is 470 g/mol. The van der Waals surface area contributed by atoms with Crippen molar-refractivity contribution >= 4 is 45.8 Å². The van der Waals surface area contributed by atoms with Gasteiger partial charge in [0.2, 0.25) is 0 Å². The molecule has 0 saturated heterocycles. The highest BCUT2D eigenvalue weighted by atomic mass is 127. The van der Waals surface area contributed by atoms with E-state index in [1.54, 1.807) is 26.2 Å². The van der Waals surface area contributed by atoms with E-state index in [4.69, 9.17) is 9.94 Å². The van der Waals surface area contributed by atoms with E-state index in [1.165, 1.54) is 16.7 Å². The van der Waals surface area contributed by atoms with Gasteiger partial charge in [-0.2, -0.15) is 0 Å². The molecular formula is C17H20FIN4O4. The Morgan fingerprint density at radius 3 is 2.70 bits per heavy atom. The van der Waals surface area contributed by atoms with Crippen LogP contribution >= 0.6 is 22.6 Å². The Labute approximate surface area is 169 Å². The van der Waals surface area contributed by atoms with E-state index in [2.05, 4.69) is 16.1 Å². The fraction of sp³-hybridized carbons (Fsp3) is 0.294. The number of anilines is 2. The molecule has 10 heteroatoms. The molecule has 0 unspecified atom stereocenters. The van der Waals surface area contributed by atoms with Crippen LogP contribution in [0.2, 0.25) is 0 Å². The maximum atomic E-state index is 14.2. The van der Waals surface area contributed by atoms with E-state index in [9.17, 15) is 14.0 Å². The number of carbonyl (C=O) groups is 2. The second-order valence-corrected chi connectivity index (χ2v) is 6.80. The number of likely N-dealkylation sites (N-methyl/N-ethyl adjacent to an activating group) is 1. The highest BCUT2D eigenvalue weighted by molar-refractivity contribution is 14.1. The zero-order chi connectivity index (χ0) is 20.0. The van der Waals surface area contributed by atoms with E-state index in [-0.39, 0.29) is 48.3 Å². The lowest BCUT2D eigenvalue weighted by Gasteiger charge is -2.13. The average Bonchev–Trinajstić information content (AvgIpc) is 2.94. The maximum absolute atomic E-state index is 14.2. The van der Waals surface area contributed by atoms with Crippen LogP contribution in [0.3, 0.4) is 0 Å². The van der Waals surface area contributed by atoms with Crippen LogP contribution in [-0.2, 0) is 11.9 Å². The zero-order valence-electron chi connectivity index (χ0n) is 14.8. The third-order valence-corrected chi connectivity index (χ3v) is 4.31. The highest BCUT2D eigenvalue weighted by Gasteiger charge is 2.23. The standard InChI is InChI=1S/C17H20FIN4O4/c1-20-9-15(25)14-8-11(17(26)22-27-6-5-24)16(23(14)2)21-13-4-3-10(19)7-12(13)18/h3-4,7-8,20-21,24H,5-6,9H2,1-2H3,(H,22,26). The number of aliphatic hydroxyl groups is 1. The lowest BCUT2D eigenvalue weighted by molar-refractivity contribution is 0.0169. The molecule has 0 spiro atoms. The molecule has 27 heavy (non-hydrogen) atoms. The Morgan fingerprint density at radius 2 is 2.07 bits per heavy atom. The molecule has 0 atom stereocenters. The van der Waals surface area contributed by atoms with Gasteiger partial charge in [0.25, 0.3) is 5.91 Å². The van der Waals surface area contributed by atoms with Gasteiger partial charge in [0.05, 0.1) is 36.7 Å². The second-order valence-electron chi connectivity index (χ2n) is 5.56. The number of ketones is 1. The van der Waals surface area contributed by atoms with Crippen LogP contribution in [0.25, 0.3) is 0 Å². The van der Waals surface area contributed by atoms with Crippen LogP contribution in [-0.4, -0.2) is 48.2 Å². The van der Waals surface area contributed by atoms with Crippen molar-refractivity contribution in [3.63, 3.8) is 0 Å². The molecule has 0 aliphatic heterocycles. The van der Waals surface area contributed by atoms with Crippen LogP contribution in [0.4, 0.5) is 15.9 Å². The van der Waals surface area contributed by atoms with E-state index in [0.717, 1.165) is 3.57 Å². The molecule has 1 heterocycles. The van der Waals surface area contributed by atoms with Crippen LogP contribution in [0.1, 0.15) is 20.8 Å².